The molecule has 2 aromatic carbocycles. The van der Waals surface area contributed by atoms with Gasteiger partial charge in [0.15, 0.2) is 6.61 Å². The molecule has 0 spiro atoms. The molecule has 2 heterocycles. The summed E-state index contributed by atoms with van der Waals surface area (Å²) in [6.07, 6.45) is -0.0151. The average molecular weight is 612 g/mol. The molecule has 43 heavy (non-hydrogen) atoms. The van der Waals surface area contributed by atoms with Crippen molar-refractivity contribution in [1.82, 2.24) is 15.5 Å². The van der Waals surface area contributed by atoms with E-state index >= 15 is 0 Å². The first-order valence-corrected chi connectivity index (χ1v) is 14.3. The van der Waals surface area contributed by atoms with Gasteiger partial charge in [-0.25, -0.2) is 14.4 Å². The van der Waals surface area contributed by atoms with Crippen LogP contribution >= 0.6 is 11.8 Å². The zero-order valence-corrected chi connectivity index (χ0v) is 23.6. The topological polar surface area (TPSA) is 189 Å². The van der Waals surface area contributed by atoms with Crippen LogP contribution in [0, 0.1) is 0 Å². The van der Waals surface area contributed by atoms with Crippen LogP contribution in [0.1, 0.15) is 29.6 Å². The number of esters is 1. The number of para-hydroxylation sites is 1. The van der Waals surface area contributed by atoms with Crippen LogP contribution < -0.4 is 15.4 Å². The quantitative estimate of drug-likeness (QED) is 0.179. The molecule has 1 saturated heterocycles. The molecule has 226 valence electrons. The molecule has 4 rings (SSSR count). The van der Waals surface area contributed by atoms with Gasteiger partial charge in [0, 0.05) is 23.3 Å². The second-order valence-corrected chi connectivity index (χ2v) is 10.7. The monoisotopic (exact) mass is 611 g/mol. The third-order valence-electron chi connectivity index (χ3n) is 6.61. The van der Waals surface area contributed by atoms with E-state index in [0.717, 1.165) is 4.90 Å². The standard InChI is InChI=1S/C29H29N3O10S/c33-21(13-7-12-20(28(37)38)30-25(35)17-8-3-1-4-9-17)31-23-26(36)32-24(29(39)40)18(16-43-27(23)32)14-42-22(34)15-41-19-10-5-2-6-11-19/h1-6,8-11,20,23,27H,7,12-16H2,(H,30,35)(H,31,33)(H,37,38)(H,39,40)/t20-,23-,27-/m1/s1. The number of carboxylic acids is 2. The van der Waals surface area contributed by atoms with Crippen LogP contribution in [0.25, 0.3) is 0 Å². The number of benzene rings is 2. The molecular weight excluding hydrogens is 582 g/mol. The van der Waals surface area contributed by atoms with Crippen molar-refractivity contribution < 1.29 is 48.5 Å². The first kappa shape index (κ1) is 31.1. The van der Waals surface area contributed by atoms with Gasteiger partial charge in [-0.2, -0.15) is 0 Å². The minimum Gasteiger partial charge on any atom is -0.482 e. The molecule has 2 aliphatic rings. The molecule has 0 aliphatic carbocycles. The van der Waals surface area contributed by atoms with Crippen LogP contribution in [-0.4, -0.2) is 87.2 Å². The number of carbonyl (C=O) groups is 6. The lowest BCUT2D eigenvalue weighted by atomic mass is 10.0. The van der Waals surface area contributed by atoms with E-state index in [1.165, 1.54) is 11.8 Å². The highest BCUT2D eigenvalue weighted by Gasteiger charge is 2.54. The van der Waals surface area contributed by atoms with Gasteiger partial charge < -0.3 is 30.3 Å². The number of aliphatic carboxylic acids is 2. The zero-order valence-electron chi connectivity index (χ0n) is 22.8. The summed E-state index contributed by atoms with van der Waals surface area (Å²) in [6, 6.07) is 14.5. The summed E-state index contributed by atoms with van der Waals surface area (Å²) in [7, 11) is 0. The van der Waals surface area contributed by atoms with Crippen molar-refractivity contribution in [2.45, 2.75) is 36.7 Å². The zero-order chi connectivity index (χ0) is 30.9. The molecule has 13 nitrogen and oxygen atoms in total. The molecule has 3 atom stereocenters. The van der Waals surface area contributed by atoms with Gasteiger partial charge >= 0.3 is 17.9 Å². The Hall–Kier alpha value is -4.85. The van der Waals surface area contributed by atoms with Gasteiger partial charge in [0.2, 0.25) is 5.91 Å². The van der Waals surface area contributed by atoms with Crippen LogP contribution in [0.4, 0.5) is 0 Å². The van der Waals surface area contributed by atoms with Crippen molar-refractivity contribution in [2.24, 2.45) is 0 Å². The number of fused-ring (bicyclic) bond motifs is 1. The Kier molecular flexibility index (Phi) is 10.4. The predicted octanol–water partition coefficient (Wildman–Crippen LogP) is 1.40. The molecule has 3 amide bonds. The Morgan fingerprint density at radius 3 is 2.33 bits per heavy atom. The van der Waals surface area contributed by atoms with E-state index in [1.54, 1.807) is 60.7 Å². The highest BCUT2D eigenvalue weighted by molar-refractivity contribution is 8.00. The molecule has 0 unspecified atom stereocenters. The first-order chi connectivity index (χ1) is 20.7. The molecule has 1 fully saturated rings. The number of β-lactam (4-membered cyclic amide) rings is 1. The Balaban J connectivity index is 1.25. The molecule has 2 aromatic rings. The van der Waals surface area contributed by atoms with E-state index in [2.05, 4.69) is 10.6 Å². The van der Waals surface area contributed by atoms with Gasteiger partial charge in [0.1, 0.15) is 35.5 Å². The van der Waals surface area contributed by atoms with Crippen LogP contribution in [-0.2, 0) is 28.7 Å². The van der Waals surface area contributed by atoms with Crippen molar-refractivity contribution in [3.63, 3.8) is 0 Å². The van der Waals surface area contributed by atoms with Crippen molar-refractivity contribution in [3.05, 3.63) is 77.5 Å². The Labute approximate surface area is 250 Å². The Morgan fingerprint density at radius 2 is 1.67 bits per heavy atom. The van der Waals surface area contributed by atoms with E-state index in [-0.39, 0.29) is 49.5 Å². The third kappa shape index (κ3) is 7.92. The van der Waals surface area contributed by atoms with Gasteiger partial charge in [0.25, 0.3) is 11.8 Å². The lowest BCUT2D eigenvalue weighted by molar-refractivity contribution is -0.151. The molecule has 0 aromatic heterocycles. The number of hydrogen-bond acceptors (Lipinski definition) is 9. The maximum absolute atomic E-state index is 12.9. The molecule has 0 saturated carbocycles. The second-order valence-electron chi connectivity index (χ2n) is 9.60. The van der Waals surface area contributed by atoms with Crippen LogP contribution in [0.15, 0.2) is 71.9 Å². The number of nitrogens with one attached hydrogen (secondary N) is 2. The lowest BCUT2D eigenvalue weighted by Crippen LogP contribution is -2.70. The summed E-state index contributed by atoms with van der Waals surface area (Å²) in [4.78, 5) is 74.5. The fourth-order valence-corrected chi connectivity index (χ4v) is 5.79. The van der Waals surface area contributed by atoms with Crippen LogP contribution in [0.3, 0.4) is 0 Å². The van der Waals surface area contributed by atoms with E-state index in [0.29, 0.717) is 11.3 Å². The number of nitrogens with zero attached hydrogens (tertiary/aromatic N) is 1. The molecule has 0 radical (unpaired) electrons. The van der Waals surface area contributed by atoms with E-state index < -0.39 is 53.1 Å². The average Bonchev–Trinajstić information content (AvgIpc) is 3.01. The van der Waals surface area contributed by atoms with Crippen molar-refractivity contribution in [1.29, 1.82) is 0 Å². The second kappa shape index (κ2) is 14.4. The van der Waals surface area contributed by atoms with Crippen molar-refractivity contribution >= 4 is 47.4 Å². The number of carbonyl (C=O) groups excluding carboxylic acids is 4. The maximum atomic E-state index is 12.9. The number of hydrogen-bond donors (Lipinski definition) is 4. The Morgan fingerprint density at radius 1 is 1.00 bits per heavy atom. The number of rotatable bonds is 14. The van der Waals surface area contributed by atoms with E-state index in [9.17, 15) is 39.0 Å². The fourth-order valence-electron chi connectivity index (χ4n) is 4.46. The minimum absolute atomic E-state index is 0.0192. The van der Waals surface area contributed by atoms with Gasteiger partial charge in [-0.05, 0) is 37.1 Å². The molecule has 2 aliphatic heterocycles. The fraction of sp³-hybridized carbons (Fsp3) is 0.310. The summed E-state index contributed by atoms with van der Waals surface area (Å²) in [5.41, 5.74) is 0.240. The summed E-state index contributed by atoms with van der Waals surface area (Å²) in [5.74, 6) is -4.40. The minimum atomic E-state index is -1.37. The Bertz CT molecular complexity index is 1420. The van der Waals surface area contributed by atoms with Crippen LogP contribution in [0.2, 0.25) is 0 Å². The van der Waals surface area contributed by atoms with Crippen LogP contribution in [0.5, 0.6) is 5.75 Å². The predicted molar refractivity (Wildman–Crippen MR) is 152 cm³/mol. The summed E-state index contributed by atoms with van der Waals surface area (Å²) in [5, 5.41) is 23.6. The summed E-state index contributed by atoms with van der Waals surface area (Å²) < 4.78 is 10.5. The van der Waals surface area contributed by atoms with Gasteiger partial charge in [0.05, 0.1) is 0 Å². The third-order valence-corrected chi connectivity index (χ3v) is 7.95. The number of thioether (sulfide) groups is 1. The van der Waals surface area contributed by atoms with E-state index in [4.69, 9.17) is 9.47 Å². The summed E-state index contributed by atoms with van der Waals surface area (Å²) >= 11 is 1.22. The molecule has 14 heteroatoms. The molecular formula is C29H29N3O10S. The summed E-state index contributed by atoms with van der Waals surface area (Å²) in [6.45, 7) is -0.719. The number of ether oxygens (including phenoxy) is 2. The van der Waals surface area contributed by atoms with E-state index in [1.807, 2.05) is 0 Å². The largest absolute Gasteiger partial charge is 0.482 e. The van der Waals surface area contributed by atoms with Gasteiger partial charge in [-0.15, -0.1) is 11.8 Å². The van der Waals surface area contributed by atoms with Crippen molar-refractivity contribution in [3.8, 4) is 5.75 Å². The highest BCUT2D eigenvalue weighted by atomic mass is 32.2. The van der Waals surface area contributed by atoms with Gasteiger partial charge in [-0.3, -0.25) is 19.3 Å². The molecule has 0 bridgehead atoms. The maximum Gasteiger partial charge on any atom is 0.352 e. The number of amides is 3. The highest BCUT2D eigenvalue weighted by Crippen LogP contribution is 2.40. The first-order valence-electron chi connectivity index (χ1n) is 13.3. The number of carboxylic acid groups (broad SMARTS) is 2. The van der Waals surface area contributed by atoms with Crippen molar-refractivity contribution in [2.75, 3.05) is 19.0 Å². The lowest BCUT2D eigenvalue weighted by Gasteiger charge is -2.49. The SMILES string of the molecule is O=C(CCC[C@@H](NC(=O)c1ccccc1)C(=O)O)N[C@@H]1C(=O)N2C(C(=O)O)=C(COC(=O)COc3ccccc3)CS[C@H]12. The molecule has 4 N–H and O–H groups in total. The van der Waals surface area contributed by atoms with Gasteiger partial charge in [-0.1, -0.05) is 36.4 Å². The smallest absolute Gasteiger partial charge is 0.352 e. The normalized spacial score (nSPS) is 18.0.